The summed E-state index contributed by atoms with van der Waals surface area (Å²) in [5, 5.41) is 22.8. The molecule has 4 rings (SSSR count). The SMILES string of the molecule is C[C@H](O)c1nccn1Cc1cc(-c2ccc(C#Cc3ccc(C(=O)O)cc3)cc2)on1. The van der Waals surface area contributed by atoms with Crippen molar-refractivity contribution in [3.05, 3.63) is 95.2 Å². The highest BCUT2D eigenvalue weighted by Crippen LogP contribution is 2.22. The highest BCUT2D eigenvalue weighted by atomic mass is 16.5. The van der Waals surface area contributed by atoms with Crippen LogP contribution in [-0.2, 0) is 6.54 Å². The number of aromatic nitrogens is 3. The molecular weight excluding hydrogens is 394 g/mol. The van der Waals surface area contributed by atoms with E-state index in [9.17, 15) is 9.90 Å². The Morgan fingerprint density at radius 3 is 2.35 bits per heavy atom. The topological polar surface area (TPSA) is 101 Å². The van der Waals surface area contributed by atoms with Gasteiger partial charge in [-0.2, -0.15) is 0 Å². The van der Waals surface area contributed by atoms with Crippen LogP contribution in [-0.4, -0.2) is 30.9 Å². The molecular formula is C24H19N3O4. The molecule has 31 heavy (non-hydrogen) atoms. The number of carboxylic acid groups (broad SMARTS) is 1. The predicted octanol–water partition coefficient (Wildman–Crippen LogP) is 3.74. The Labute approximate surface area is 178 Å². The highest BCUT2D eigenvalue weighted by Gasteiger charge is 2.12. The van der Waals surface area contributed by atoms with Gasteiger partial charge in [0, 0.05) is 35.2 Å². The lowest BCUT2D eigenvalue weighted by atomic mass is 10.1. The van der Waals surface area contributed by atoms with E-state index in [1.54, 1.807) is 31.5 Å². The second kappa shape index (κ2) is 8.69. The molecule has 0 aliphatic heterocycles. The van der Waals surface area contributed by atoms with E-state index in [2.05, 4.69) is 22.0 Å². The molecule has 0 saturated heterocycles. The number of imidazole rings is 1. The van der Waals surface area contributed by atoms with Crippen molar-refractivity contribution in [2.24, 2.45) is 0 Å². The summed E-state index contributed by atoms with van der Waals surface area (Å²) >= 11 is 0. The maximum absolute atomic E-state index is 10.9. The van der Waals surface area contributed by atoms with Gasteiger partial charge >= 0.3 is 5.97 Å². The van der Waals surface area contributed by atoms with Gasteiger partial charge in [-0.1, -0.05) is 17.0 Å². The molecule has 2 N–H and O–H groups in total. The van der Waals surface area contributed by atoms with Gasteiger partial charge in [0.25, 0.3) is 0 Å². The van der Waals surface area contributed by atoms with Crippen LogP contribution in [0.25, 0.3) is 11.3 Å². The Morgan fingerprint density at radius 1 is 1.10 bits per heavy atom. The quantitative estimate of drug-likeness (QED) is 0.484. The lowest BCUT2D eigenvalue weighted by Gasteiger charge is -2.07. The molecule has 7 nitrogen and oxygen atoms in total. The van der Waals surface area contributed by atoms with Crippen molar-refractivity contribution in [1.82, 2.24) is 14.7 Å². The largest absolute Gasteiger partial charge is 0.478 e. The van der Waals surface area contributed by atoms with Gasteiger partial charge in [-0.25, -0.2) is 9.78 Å². The number of benzene rings is 2. The van der Waals surface area contributed by atoms with Crippen molar-refractivity contribution in [3.8, 4) is 23.2 Å². The molecule has 0 spiro atoms. The van der Waals surface area contributed by atoms with Crippen molar-refractivity contribution >= 4 is 5.97 Å². The number of hydrogen-bond acceptors (Lipinski definition) is 5. The first-order chi connectivity index (χ1) is 15.0. The number of aliphatic hydroxyl groups excluding tert-OH is 1. The van der Waals surface area contributed by atoms with Crippen molar-refractivity contribution < 1.29 is 19.5 Å². The van der Waals surface area contributed by atoms with Crippen molar-refractivity contribution in [3.63, 3.8) is 0 Å². The number of aromatic carboxylic acids is 1. The zero-order chi connectivity index (χ0) is 21.8. The summed E-state index contributed by atoms with van der Waals surface area (Å²) in [7, 11) is 0. The summed E-state index contributed by atoms with van der Waals surface area (Å²) in [4.78, 5) is 15.1. The number of hydrogen-bond donors (Lipinski definition) is 2. The van der Waals surface area contributed by atoms with Crippen molar-refractivity contribution in [2.45, 2.75) is 19.6 Å². The van der Waals surface area contributed by atoms with Crippen LogP contribution < -0.4 is 0 Å². The molecule has 0 saturated carbocycles. The first-order valence-electron chi connectivity index (χ1n) is 9.60. The monoisotopic (exact) mass is 413 g/mol. The van der Waals surface area contributed by atoms with E-state index in [4.69, 9.17) is 9.63 Å². The zero-order valence-electron chi connectivity index (χ0n) is 16.7. The standard InChI is InChI=1S/C24H19N3O4/c1-16(28)23-25-12-13-27(23)15-21-14-22(31-26-21)19-8-4-17(5-9-19)2-3-18-6-10-20(11-7-18)24(29)30/h4-14,16,28H,15H2,1H3,(H,29,30)/t16-/m0/s1. The summed E-state index contributed by atoms with van der Waals surface area (Å²) < 4.78 is 7.30. The van der Waals surface area contributed by atoms with Gasteiger partial charge < -0.3 is 19.3 Å². The average Bonchev–Trinajstić information content (AvgIpc) is 3.43. The van der Waals surface area contributed by atoms with E-state index >= 15 is 0 Å². The van der Waals surface area contributed by atoms with E-state index in [1.165, 1.54) is 12.1 Å². The predicted molar refractivity (Wildman–Crippen MR) is 113 cm³/mol. The fraction of sp³-hybridized carbons (Fsp3) is 0.125. The average molecular weight is 413 g/mol. The molecule has 7 heteroatoms. The summed E-state index contributed by atoms with van der Waals surface area (Å²) in [6.07, 6.45) is 2.77. The van der Waals surface area contributed by atoms with Gasteiger partial charge in [0.1, 0.15) is 17.6 Å². The van der Waals surface area contributed by atoms with Gasteiger partial charge in [-0.3, -0.25) is 0 Å². The van der Waals surface area contributed by atoms with Gasteiger partial charge in [0.2, 0.25) is 0 Å². The normalized spacial score (nSPS) is 11.5. The highest BCUT2D eigenvalue weighted by molar-refractivity contribution is 5.87. The van der Waals surface area contributed by atoms with Crippen molar-refractivity contribution in [1.29, 1.82) is 0 Å². The van der Waals surface area contributed by atoms with Crippen LogP contribution >= 0.6 is 0 Å². The molecule has 2 aromatic heterocycles. The second-order valence-electron chi connectivity index (χ2n) is 6.98. The lowest BCUT2D eigenvalue weighted by molar-refractivity contribution is 0.0697. The van der Waals surface area contributed by atoms with Crippen LogP contribution in [0.5, 0.6) is 0 Å². The van der Waals surface area contributed by atoms with Crippen LogP contribution in [0.4, 0.5) is 0 Å². The summed E-state index contributed by atoms with van der Waals surface area (Å²) in [5.74, 6) is 6.34. The molecule has 4 aromatic rings. The van der Waals surface area contributed by atoms with Crippen LogP contribution in [0.3, 0.4) is 0 Å². The van der Waals surface area contributed by atoms with E-state index < -0.39 is 12.1 Å². The zero-order valence-corrected chi connectivity index (χ0v) is 16.7. The third kappa shape index (κ3) is 4.71. The molecule has 2 aromatic carbocycles. The number of aliphatic hydroxyl groups is 1. The Bertz CT molecular complexity index is 1260. The Kier molecular flexibility index (Phi) is 5.65. The Hall–Kier alpha value is -4.15. The molecule has 0 amide bonds. The minimum atomic E-state index is -0.959. The van der Waals surface area contributed by atoms with Gasteiger partial charge in [0.05, 0.1) is 12.1 Å². The van der Waals surface area contributed by atoms with E-state index in [0.29, 0.717) is 18.1 Å². The summed E-state index contributed by atoms with van der Waals surface area (Å²) in [5.41, 5.74) is 3.40. The third-order valence-corrected chi connectivity index (χ3v) is 4.67. The van der Waals surface area contributed by atoms with Crippen LogP contribution in [0.1, 0.15) is 46.0 Å². The maximum Gasteiger partial charge on any atom is 0.335 e. The van der Waals surface area contributed by atoms with Crippen molar-refractivity contribution in [2.75, 3.05) is 0 Å². The van der Waals surface area contributed by atoms with Crippen LogP contribution in [0.15, 0.2) is 71.5 Å². The minimum absolute atomic E-state index is 0.233. The third-order valence-electron chi connectivity index (χ3n) is 4.67. The molecule has 154 valence electrons. The van der Waals surface area contributed by atoms with E-state index in [1.807, 2.05) is 34.9 Å². The van der Waals surface area contributed by atoms with E-state index in [-0.39, 0.29) is 5.56 Å². The first-order valence-corrected chi connectivity index (χ1v) is 9.60. The summed E-state index contributed by atoms with van der Waals surface area (Å²) in [6.45, 7) is 2.12. The molecule has 0 aliphatic carbocycles. The fourth-order valence-corrected chi connectivity index (χ4v) is 3.08. The maximum atomic E-state index is 10.9. The molecule has 0 unspecified atom stereocenters. The smallest absolute Gasteiger partial charge is 0.335 e. The molecule has 0 fully saturated rings. The number of carbonyl (C=O) groups is 1. The first kappa shape index (κ1) is 20.1. The molecule has 0 radical (unpaired) electrons. The van der Waals surface area contributed by atoms with Crippen LogP contribution in [0.2, 0.25) is 0 Å². The number of rotatable bonds is 5. The number of nitrogens with zero attached hydrogens (tertiary/aromatic N) is 3. The van der Waals surface area contributed by atoms with Gasteiger partial charge in [-0.15, -0.1) is 0 Å². The van der Waals surface area contributed by atoms with Crippen LogP contribution in [0, 0.1) is 11.8 Å². The summed E-state index contributed by atoms with van der Waals surface area (Å²) in [6, 6.07) is 15.9. The fourth-order valence-electron chi connectivity index (χ4n) is 3.08. The molecule has 0 bridgehead atoms. The van der Waals surface area contributed by atoms with Gasteiger partial charge in [-0.05, 0) is 55.5 Å². The Balaban J connectivity index is 1.45. The molecule has 0 aliphatic rings. The molecule has 2 heterocycles. The second-order valence-corrected chi connectivity index (χ2v) is 6.98. The van der Waals surface area contributed by atoms with Gasteiger partial charge in [0.15, 0.2) is 5.76 Å². The lowest BCUT2D eigenvalue weighted by Crippen LogP contribution is -2.07. The minimum Gasteiger partial charge on any atom is -0.478 e. The Morgan fingerprint density at radius 2 is 1.74 bits per heavy atom. The molecule has 1 atom stereocenters. The van der Waals surface area contributed by atoms with E-state index in [0.717, 1.165) is 22.4 Å². The number of carboxylic acids is 1.